The zero-order valence-electron chi connectivity index (χ0n) is 16.5. The number of aliphatic carboxylic acids is 2. The molecule has 0 fully saturated rings. The Morgan fingerprint density at radius 2 is 1.39 bits per heavy atom. The minimum Gasteiger partial charge on any atom is -0.480 e. The van der Waals surface area contributed by atoms with Gasteiger partial charge in [0.2, 0.25) is 10.0 Å². The summed E-state index contributed by atoms with van der Waals surface area (Å²) in [6.45, 7) is -0.366. The summed E-state index contributed by atoms with van der Waals surface area (Å²) in [6.07, 6.45) is 0.494. The normalized spacial score (nSPS) is 11.3. The molecule has 11 heteroatoms. The average Bonchev–Trinajstić information content (AvgIpc) is 2.67. The van der Waals surface area contributed by atoms with E-state index in [0.717, 1.165) is 5.56 Å². The van der Waals surface area contributed by atoms with Crippen LogP contribution in [0.4, 0.5) is 0 Å². The number of carboxylic acid groups (broad SMARTS) is 2. The predicted octanol–water partition coefficient (Wildman–Crippen LogP) is 0.278. The summed E-state index contributed by atoms with van der Waals surface area (Å²) in [5.74, 6) is -2.56. The van der Waals surface area contributed by atoms with Gasteiger partial charge in [0.25, 0.3) is 5.91 Å². The third-order valence-electron chi connectivity index (χ3n) is 4.29. The van der Waals surface area contributed by atoms with Crippen molar-refractivity contribution in [1.82, 2.24) is 10.2 Å². The van der Waals surface area contributed by atoms with E-state index >= 15 is 0 Å². The fraction of sp³-hybridized carbons (Fsp3) is 0.250. The number of sulfonamides is 1. The van der Waals surface area contributed by atoms with Crippen molar-refractivity contribution in [2.45, 2.75) is 17.9 Å². The quantitative estimate of drug-likeness (QED) is 0.379. The van der Waals surface area contributed by atoms with Crippen LogP contribution >= 0.6 is 0 Å². The Morgan fingerprint density at radius 3 is 1.87 bits per heavy atom. The fourth-order valence-electron chi connectivity index (χ4n) is 2.84. The zero-order chi connectivity index (χ0) is 23.0. The molecule has 5 N–H and O–H groups in total. The Hall–Kier alpha value is -3.28. The van der Waals surface area contributed by atoms with Crippen LogP contribution < -0.4 is 10.5 Å². The molecule has 0 aliphatic carbocycles. The van der Waals surface area contributed by atoms with Crippen molar-refractivity contribution in [1.29, 1.82) is 0 Å². The molecule has 10 nitrogen and oxygen atoms in total. The largest absolute Gasteiger partial charge is 0.480 e. The van der Waals surface area contributed by atoms with Crippen LogP contribution in [0, 0.1) is 0 Å². The summed E-state index contributed by atoms with van der Waals surface area (Å²) < 4.78 is 22.5. The number of hydrogen-bond donors (Lipinski definition) is 4. The molecule has 2 aromatic carbocycles. The molecule has 0 saturated carbocycles. The molecule has 0 aromatic heterocycles. The van der Waals surface area contributed by atoms with Crippen LogP contribution in [0.1, 0.15) is 21.5 Å². The average molecular weight is 449 g/mol. The van der Waals surface area contributed by atoms with Gasteiger partial charge in [0.1, 0.15) is 0 Å². The van der Waals surface area contributed by atoms with E-state index in [4.69, 9.17) is 15.4 Å². The minimum atomic E-state index is -3.74. The molecule has 2 aromatic rings. The molecule has 31 heavy (non-hydrogen) atoms. The molecule has 166 valence electrons. The third-order valence-corrected chi connectivity index (χ3v) is 5.22. The summed E-state index contributed by atoms with van der Waals surface area (Å²) >= 11 is 0. The van der Waals surface area contributed by atoms with E-state index in [0.29, 0.717) is 24.1 Å². The third kappa shape index (κ3) is 8.16. The molecule has 0 atom stereocenters. The number of hydrogen-bond acceptors (Lipinski definition) is 6. The van der Waals surface area contributed by atoms with Crippen molar-refractivity contribution in [3.63, 3.8) is 0 Å². The molecule has 0 bridgehead atoms. The zero-order valence-corrected chi connectivity index (χ0v) is 17.3. The van der Waals surface area contributed by atoms with Gasteiger partial charge in [-0.05, 0) is 41.8 Å². The Bertz CT molecular complexity index is 1020. The number of primary sulfonamides is 1. The first-order valence-corrected chi connectivity index (χ1v) is 10.7. The number of nitrogens with one attached hydrogen (secondary N) is 1. The van der Waals surface area contributed by atoms with Crippen molar-refractivity contribution >= 4 is 27.9 Å². The van der Waals surface area contributed by atoms with Crippen LogP contribution in [-0.2, 0) is 32.6 Å². The summed E-state index contributed by atoms with van der Waals surface area (Å²) in [4.78, 5) is 35.3. The lowest BCUT2D eigenvalue weighted by Crippen LogP contribution is -2.34. The number of amides is 1. The van der Waals surface area contributed by atoms with Gasteiger partial charge in [-0.3, -0.25) is 19.3 Å². The fourth-order valence-corrected chi connectivity index (χ4v) is 3.35. The van der Waals surface area contributed by atoms with E-state index in [2.05, 4.69) is 5.32 Å². The van der Waals surface area contributed by atoms with Crippen molar-refractivity contribution in [2.24, 2.45) is 5.14 Å². The first kappa shape index (κ1) is 24.0. The van der Waals surface area contributed by atoms with Crippen LogP contribution in [0.15, 0.2) is 53.4 Å². The van der Waals surface area contributed by atoms with Gasteiger partial charge in [-0.25, -0.2) is 13.6 Å². The molecular weight excluding hydrogens is 426 g/mol. The van der Waals surface area contributed by atoms with Crippen molar-refractivity contribution in [2.75, 3.05) is 19.6 Å². The van der Waals surface area contributed by atoms with Crippen molar-refractivity contribution in [3.8, 4) is 0 Å². The Balaban J connectivity index is 1.88. The van der Waals surface area contributed by atoms with Crippen LogP contribution in [-0.4, -0.2) is 61.0 Å². The highest BCUT2D eigenvalue weighted by atomic mass is 32.2. The summed E-state index contributed by atoms with van der Waals surface area (Å²) in [5.41, 5.74) is 1.91. The van der Waals surface area contributed by atoms with Gasteiger partial charge in [-0.1, -0.05) is 24.3 Å². The number of carbonyl (C=O) groups excluding carboxylic acids is 1. The van der Waals surface area contributed by atoms with Gasteiger partial charge in [-0.2, -0.15) is 0 Å². The summed E-state index contributed by atoms with van der Waals surface area (Å²) in [5, 5.41) is 25.6. The lowest BCUT2D eigenvalue weighted by atomic mass is 10.1. The number of nitrogens with two attached hydrogens (primary N) is 1. The van der Waals surface area contributed by atoms with E-state index < -0.39 is 35.1 Å². The van der Waals surface area contributed by atoms with Gasteiger partial charge in [0.15, 0.2) is 0 Å². The highest BCUT2D eigenvalue weighted by Gasteiger charge is 2.14. The summed E-state index contributed by atoms with van der Waals surface area (Å²) in [7, 11) is -3.74. The summed E-state index contributed by atoms with van der Waals surface area (Å²) in [6, 6.07) is 12.5. The second-order valence-electron chi connectivity index (χ2n) is 6.82. The maximum atomic E-state index is 12.3. The van der Waals surface area contributed by atoms with Crippen LogP contribution in [0.3, 0.4) is 0 Å². The van der Waals surface area contributed by atoms with Crippen molar-refractivity contribution < 1.29 is 33.0 Å². The Kier molecular flexibility index (Phi) is 8.25. The molecule has 0 saturated heterocycles. The molecule has 0 heterocycles. The van der Waals surface area contributed by atoms with Gasteiger partial charge in [0, 0.05) is 18.7 Å². The molecule has 0 aliphatic heterocycles. The lowest BCUT2D eigenvalue weighted by Gasteiger charge is -2.18. The van der Waals surface area contributed by atoms with Gasteiger partial charge >= 0.3 is 11.9 Å². The van der Waals surface area contributed by atoms with Gasteiger partial charge in [0.05, 0.1) is 18.0 Å². The molecule has 0 aliphatic rings. The second-order valence-corrected chi connectivity index (χ2v) is 8.39. The highest BCUT2D eigenvalue weighted by Crippen LogP contribution is 2.10. The van der Waals surface area contributed by atoms with Crippen LogP contribution in [0.2, 0.25) is 0 Å². The number of carboxylic acids is 2. The molecule has 0 unspecified atom stereocenters. The molecular formula is C20H23N3O7S. The predicted molar refractivity (Wildman–Crippen MR) is 111 cm³/mol. The second kappa shape index (κ2) is 10.7. The lowest BCUT2D eigenvalue weighted by molar-refractivity contribution is -0.142. The monoisotopic (exact) mass is 449 g/mol. The van der Waals surface area contributed by atoms with Crippen LogP contribution in [0.25, 0.3) is 0 Å². The number of nitrogens with zero attached hydrogens (tertiary/aromatic N) is 1. The molecule has 2 rings (SSSR count). The highest BCUT2D eigenvalue weighted by molar-refractivity contribution is 7.89. The van der Waals surface area contributed by atoms with E-state index in [1.165, 1.54) is 17.0 Å². The van der Waals surface area contributed by atoms with E-state index in [1.807, 2.05) is 0 Å². The standard InChI is InChI=1S/C20H23N3O7S/c21-31(29,30)17-7-3-14(4-8-17)9-10-22-20(28)16-5-1-15(2-6-16)11-23(12-18(24)25)13-19(26)27/h1-8H,9-13H2,(H,22,28)(H,24,25)(H,26,27)(H2,21,29,30). The maximum Gasteiger partial charge on any atom is 0.317 e. The Labute approximate surface area is 179 Å². The SMILES string of the molecule is NS(=O)(=O)c1ccc(CCNC(=O)c2ccc(CN(CC(=O)O)CC(=O)O)cc2)cc1. The first-order chi connectivity index (χ1) is 14.5. The van der Waals surface area contributed by atoms with E-state index in [1.54, 1.807) is 36.4 Å². The van der Waals surface area contributed by atoms with E-state index in [-0.39, 0.29) is 17.3 Å². The van der Waals surface area contributed by atoms with Crippen molar-refractivity contribution in [3.05, 3.63) is 65.2 Å². The maximum absolute atomic E-state index is 12.3. The molecule has 1 amide bonds. The molecule has 0 spiro atoms. The Morgan fingerprint density at radius 1 is 0.871 bits per heavy atom. The molecule has 0 radical (unpaired) electrons. The van der Waals surface area contributed by atoms with Gasteiger partial charge in [-0.15, -0.1) is 0 Å². The smallest absolute Gasteiger partial charge is 0.317 e. The first-order valence-electron chi connectivity index (χ1n) is 9.19. The number of carbonyl (C=O) groups is 3. The van der Waals surface area contributed by atoms with Crippen LogP contribution in [0.5, 0.6) is 0 Å². The minimum absolute atomic E-state index is 0.0191. The van der Waals surface area contributed by atoms with Gasteiger partial charge < -0.3 is 15.5 Å². The number of benzene rings is 2. The number of rotatable bonds is 11. The van der Waals surface area contributed by atoms with E-state index in [9.17, 15) is 22.8 Å². The topological polar surface area (TPSA) is 167 Å².